The number of hydrogen-bond donors (Lipinski definition) is 0. The highest BCUT2D eigenvalue weighted by molar-refractivity contribution is 6.04. The summed E-state index contributed by atoms with van der Waals surface area (Å²) >= 11 is 0. The third-order valence-corrected chi connectivity index (χ3v) is 4.90. The maximum absolute atomic E-state index is 13.1. The normalized spacial score (nSPS) is 11.1. The Morgan fingerprint density at radius 3 is 2.59 bits per heavy atom. The second kappa shape index (κ2) is 8.07. The third-order valence-electron chi connectivity index (χ3n) is 4.90. The van der Waals surface area contributed by atoms with E-state index in [1.54, 1.807) is 25.1 Å². The van der Waals surface area contributed by atoms with Crippen LogP contribution in [0.2, 0.25) is 0 Å². The van der Waals surface area contributed by atoms with E-state index in [0.29, 0.717) is 39.5 Å². The van der Waals surface area contributed by atoms with Crippen LogP contribution in [0.4, 0.5) is 4.39 Å². The van der Waals surface area contributed by atoms with Gasteiger partial charge in [-0.25, -0.2) is 19.2 Å². The van der Waals surface area contributed by atoms with Crippen molar-refractivity contribution in [3.8, 4) is 22.7 Å². The van der Waals surface area contributed by atoms with E-state index in [1.807, 2.05) is 30.3 Å². The van der Waals surface area contributed by atoms with Crippen LogP contribution in [0.3, 0.4) is 0 Å². The van der Waals surface area contributed by atoms with Crippen molar-refractivity contribution < 1.29 is 22.9 Å². The van der Waals surface area contributed by atoms with E-state index < -0.39 is 5.97 Å². The van der Waals surface area contributed by atoms with Crippen molar-refractivity contribution in [1.29, 1.82) is 0 Å². The largest absolute Gasteiger partial charge is 0.455 e. The van der Waals surface area contributed by atoms with E-state index in [2.05, 4.69) is 15.1 Å². The molecule has 0 radical (unpaired) electrons. The molecule has 0 atom stereocenters. The Kier molecular flexibility index (Phi) is 4.95. The highest BCUT2D eigenvalue weighted by atomic mass is 19.1. The number of fused-ring (bicyclic) bond motifs is 1. The molecule has 0 saturated carbocycles. The molecular formula is C24H16FN3O4. The lowest BCUT2D eigenvalue weighted by molar-refractivity contribution is 0.0470. The van der Waals surface area contributed by atoms with Crippen LogP contribution < -0.4 is 0 Å². The van der Waals surface area contributed by atoms with Crippen molar-refractivity contribution in [2.45, 2.75) is 13.5 Å². The van der Waals surface area contributed by atoms with Crippen LogP contribution in [0.15, 0.2) is 75.9 Å². The average Bonchev–Trinajstić information content (AvgIpc) is 3.45. The number of nitrogens with zero attached hydrogens (tertiary/aromatic N) is 3. The van der Waals surface area contributed by atoms with Gasteiger partial charge in [0.25, 0.3) is 5.71 Å². The van der Waals surface area contributed by atoms with Gasteiger partial charge in [-0.05, 0) is 37.3 Å². The number of ether oxygens (including phenoxy) is 1. The maximum atomic E-state index is 13.1. The van der Waals surface area contributed by atoms with Gasteiger partial charge in [0.05, 0.1) is 22.3 Å². The molecule has 0 amide bonds. The Balaban J connectivity index is 1.40. The van der Waals surface area contributed by atoms with Gasteiger partial charge in [0, 0.05) is 11.1 Å². The van der Waals surface area contributed by atoms with E-state index in [0.717, 1.165) is 5.56 Å². The van der Waals surface area contributed by atoms with Gasteiger partial charge in [-0.2, -0.15) is 0 Å². The number of carbonyl (C=O) groups excluding carboxylic acids is 1. The molecule has 0 aliphatic rings. The van der Waals surface area contributed by atoms with Crippen molar-refractivity contribution in [2.75, 3.05) is 0 Å². The summed E-state index contributed by atoms with van der Waals surface area (Å²) in [7, 11) is 0. The number of aryl methyl sites for hydroxylation is 1. The van der Waals surface area contributed by atoms with Gasteiger partial charge in [0.2, 0.25) is 5.89 Å². The Bertz CT molecular complexity index is 1410. The van der Waals surface area contributed by atoms with Gasteiger partial charge in [-0.15, -0.1) is 0 Å². The molecule has 158 valence electrons. The highest BCUT2D eigenvalue weighted by Crippen LogP contribution is 2.28. The number of pyridine rings is 1. The number of oxazole rings is 1. The Morgan fingerprint density at radius 1 is 1.03 bits per heavy atom. The number of benzene rings is 2. The zero-order valence-corrected chi connectivity index (χ0v) is 16.9. The van der Waals surface area contributed by atoms with Crippen LogP contribution >= 0.6 is 0 Å². The van der Waals surface area contributed by atoms with Gasteiger partial charge in [-0.3, -0.25) is 0 Å². The van der Waals surface area contributed by atoms with Crippen LogP contribution in [-0.4, -0.2) is 21.1 Å². The van der Waals surface area contributed by atoms with Gasteiger partial charge in [0.1, 0.15) is 24.4 Å². The van der Waals surface area contributed by atoms with Crippen molar-refractivity contribution in [2.24, 2.45) is 0 Å². The molecule has 0 bridgehead atoms. The molecule has 0 aliphatic heterocycles. The fourth-order valence-electron chi connectivity index (χ4n) is 3.33. The number of carbonyl (C=O) groups is 1. The minimum absolute atomic E-state index is 0.0989. The molecule has 3 heterocycles. The summed E-state index contributed by atoms with van der Waals surface area (Å²) in [5.74, 6) is -0.604. The molecule has 32 heavy (non-hydrogen) atoms. The van der Waals surface area contributed by atoms with Crippen molar-refractivity contribution in [1.82, 2.24) is 15.1 Å². The molecule has 2 aromatic carbocycles. The predicted molar refractivity (Wildman–Crippen MR) is 113 cm³/mol. The summed E-state index contributed by atoms with van der Waals surface area (Å²) in [6, 6.07) is 16.9. The minimum Gasteiger partial charge on any atom is -0.455 e. The first-order valence-corrected chi connectivity index (χ1v) is 9.78. The quantitative estimate of drug-likeness (QED) is 0.348. The number of hydrogen-bond acceptors (Lipinski definition) is 7. The second-order valence-electron chi connectivity index (χ2n) is 7.10. The number of rotatable bonds is 5. The fraction of sp³-hybridized carbons (Fsp3) is 0.0833. The van der Waals surface area contributed by atoms with Crippen LogP contribution in [0, 0.1) is 12.7 Å². The summed E-state index contributed by atoms with van der Waals surface area (Å²) in [5.41, 5.74) is 3.55. The maximum Gasteiger partial charge on any atom is 0.339 e. The molecule has 0 fully saturated rings. The first-order valence-electron chi connectivity index (χ1n) is 9.78. The first kappa shape index (κ1) is 19.6. The number of aromatic nitrogens is 3. The van der Waals surface area contributed by atoms with Crippen molar-refractivity contribution in [3.05, 3.63) is 89.7 Å². The lowest BCUT2D eigenvalue weighted by Gasteiger charge is -2.07. The molecule has 8 heteroatoms. The Labute approximate surface area is 181 Å². The fourth-order valence-corrected chi connectivity index (χ4v) is 3.33. The highest BCUT2D eigenvalue weighted by Gasteiger charge is 2.21. The minimum atomic E-state index is -0.563. The zero-order valence-electron chi connectivity index (χ0n) is 16.9. The lowest BCUT2D eigenvalue weighted by atomic mass is 10.1. The summed E-state index contributed by atoms with van der Waals surface area (Å²) in [4.78, 5) is 21.7. The molecular weight excluding hydrogens is 413 g/mol. The molecule has 3 aromatic heterocycles. The molecule has 0 N–H and O–H groups in total. The van der Waals surface area contributed by atoms with Gasteiger partial charge in [0.15, 0.2) is 0 Å². The Morgan fingerprint density at radius 2 is 1.81 bits per heavy atom. The topological polar surface area (TPSA) is 91.2 Å². The summed E-state index contributed by atoms with van der Waals surface area (Å²) in [5, 5.41) is 4.44. The van der Waals surface area contributed by atoms with Gasteiger partial charge in [-0.1, -0.05) is 35.5 Å². The SMILES string of the molecule is Cc1noc2nc(-c3ccccc3)cc(C(=O)OCc3coc(-c4ccc(F)cc4)n3)c12. The smallest absolute Gasteiger partial charge is 0.339 e. The van der Waals surface area contributed by atoms with Gasteiger partial charge < -0.3 is 13.7 Å². The zero-order chi connectivity index (χ0) is 22.1. The first-order chi connectivity index (χ1) is 15.6. The van der Waals surface area contributed by atoms with E-state index in [4.69, 9.17) is 13.7 Å². The summed E-state index contributed by atoms with van der Waals surface area (Å²) < 4.78 is 29.3. The van der Waals surface area contributed by atoms with Crippen LogP contribution in [0.1, 0.15) is 21.7 Å². The molecule has 5 aromatic rings. The second-order valence-corrected chi connectivity index (χ2v) is 7.10. The predicted octanol–water partition coefficient (Wildman–Crippen LogP) is 5.35. The van der Waals surface area contributed by atoms with Gasteiger partial charge >= 0.3 is 5.97 Å². The average molecular weight is 429 g/mol. The monoisotopic (exact) mass is 429 g/mol. The number of halogens is 1. The molecule has 0 aliphatic carbocycles. The molecule has 5 rings (SSSR count). The standard InChI is InChI=1S/C24H16FN3O4/c1-14-21-19(11-20(27-23(21)32-28-14)15-5-3-2-4-6-15)24(29)31-13-18-12-30-22(26-18)16-7-9-17(25)10-8-16/h2-12H,13H2,1H3. The summed E-state index contributed by atoms with van der Waals surface area (Å²) in [6.07, 6.45) is 1.40. The van der Waals surface area contributed by atoms with E-state index in [-0.39, 0.29) is 18.1 Å². The molecule has 7 nitrogen and oxygen atoms in total. The third kappa shape index (κ3) is 3.74. The van der Waals surface area contributed by atoms with Crippen LogP contribution in [-0.2, 0) is 11.3 Å². The van der Waals surface area contributed by atoms with E-state index in [9.17, 15) is 9.18 Å². The lowest BCUT2D eigenvalue weighted by Crippen LogP contribution is -2.07. The molecule has 0 spiro atoms. The van der Waals surface area contributed by atoms with Crippen LogP contribution in [0.25, 0.3) is 33.8 Å². The van der Waals surface area contributed by atoms with E-state index >= 15 is 0 Å². The Hall–Kier alpha value is -4.33. The van der Waals surface area contributed by atoms with Crippen molar-refractivity contribution in [3.63, 3.8) is 0 Å². The van der Waals surface area contributed by atoms with E-state index in [1.165, 1.54) is 18.4 Å². The van der Waals surface area contributed by atoms with Crippen LogP contribution in [0.5, 0.6) is 0 Å². The molecule has 0 unspecified atom stereocenters. The number of esters is 1. The summed E-state index contributed by atoms with van der Waals surface area (Å²) in [6.45, 7) is 1.64. The molecule has 0 saturated heterocycles. The van der Waals surface area contributed by atoms with Crippen molar-refractivity contribution >= 4 is 17.1 Å².